The first kappa shape index (κ1) is 18.8. The molecule has 8 nitrogen and oxygen atoms in total. The quantitative estimate of drug-likeness (QED) is 0.440. The fourth-order valence-corrected chi connectivity index (χ4v) is 4.81. The normalized spacial score (nSPS) is 18.8. The highest BCUT2D eigenvalue weighted by Crippen LogP contribution is 2.31. The van der Waals surface area contributed by atoms with Gasteiger partial charge in [-0.3, -0.25) is 10.1 Å². The number of nitrogens with one attached hydrogen (secondary N) is 3. The van der Waals surface area contributed by atoms with Crippen LogP contribution in [-0.2, 0) is 4.79 Å². The van der Waals surface area contributed by atoms with Crippen LogP contribution in [0.3, 0.4) is 0 Å². The molecule has 0 spiro atoms. The summed E-state index contributed by atoms with van der Waals surface area (Å²) in [5.74, 6) is 0.433. The van der Waals surface area contributed by atoms with Crippen molar-refractivity contribution in [2.24, 2.45) is 0 Å². The summed E-state index contributed by atoms with van der Waals surface area (Å²) in [4.78, 5) is 30.5. The molecule has 0 radical (unpaired) electrons. The summed E-state index contributed by atoms with van der Waals surface area (Å²) in [6, 6.07) is 6.08. The first-order valence-electron chi connectivity index (χ1n) is 10.1. The van der Waals surface area contributed by atoms with E-state index in [2.05, 4.69) is 40.1 Å². The monoisotopic (exact) mass is 422 g/mol. The highest BCUT2D eigenvalue weighted by Gasteiger charge is 2.24. The fourth-order valence-electron chi connectivity index (χ4n) is 3.98. The Kier molecular flexibility index (Phi) is 4.74. The van der Waals surface area contributed by atoms with Gasteiger partial charge < -0.3 is 10.6 Å². The van der Waals surface area contributed by atoms with E-state index in [0.717, 1.165) is 29.2 Å². The highest BCUT2D eigenvalue weighted by molar-refractivity contribution is 7.15. The van der Waals surface area contributed by atoms with Crippen LogP contribution < -0.4 is 16.0 Å². The summed E-state index contributed by atoms with van der Waals surface area (Å²) in [7, 11) is 0. The van der Waals surface area contributed by atoms with Crippen molar-refractivity contribution in [2.75, 3.05) is 5.32 Å². The number of carbonyl (C=O) groups excluding carboxylic acids is 2. The minimum atomic E-state index is -0.523. The number of urea groups is 1. The summed E-state index contributed by atoms with van der Waals surface area (Å²) < 4.78 is 1.78. The third-order valence-corrected chi connectivity index (χ3v) is 6.49. The van der Waals surface area contributed by atoms with E-state index >= 15 is 0 Å². The van der Waals surface area contributed by atoms with Gasteiger partial charge in [0.2, 0.25) is 0 Å². The van der Waals surface area contributed by atoms with E-state index < -0.39 is 11.9 Å². The Labute approximate surface area is 177 Å². The lowest BCUT2D eigenvalue weighted by Crippen LogP contribution is -2.23. The smallest absolute Gasteiger partial charge is 0.326 e. The van der Waals surface area contributed by atoms with Gasteiger partial charge in [0.1, 0.15) is 11.5 Å². The summed E-state index contributed by atoms with van der Waals surface area (Å²) in [5, 5.41) is 12.9. The van der Waals surface area contributed by atoms with Crippen LogP contribution in [0, 0.1) is 6.92 Å². The van der Waals surface area contributed by atoms with Crippen LogP contribution in [0.2, 0.25) is 0 Å². The molecular formula is C21H22N6O2S. The predicted octanol–water partition coefficient (Wildman–Crippen LogP) is 3.69. The maximum atomic E-state index is 11.9. The van der Waals surface area contributed by atoms with E-state index in [0.29, 0.717) is 17.3 Å². The van der Waals surface area contributed by atoms with Crippen molar-refractivity contribution in [1.29, 1.82) is 0 Å². The van der Waals surface area contributed by atoms with Gasteiger partial charge in [0.25, 0.3) is 5.91 Å². The average Bonchev–Trinajstić information content (AvgIpc) is 3.42. The molecule has 3 aromatic heterocycles. The first-order chi connectivity index (χ1) is 14.6. The molecule has 0 aromatic carbocycles. The summed E-state index contributed by atoms with van der Waals surface area (Å²) in [5.41, 5.74) is 2.36. The third kappa shape index (κ3) is 3.56. The van der Waals surface area contributed by atoms with Crippen LogP contribution in [0.25, 0.3) is 22.3 Å². The Morgan fingerprint density at radius 1 is 1.20 bits per heavy atom. The molecule has 3 N–H and O–H groups in total. The van der Waals surface area contributed by atoms with Crippen LogP contribution in [-0.4, -0.2) is 32.6 Å². The fraction of sp³-hybridized carbons (Fsp3) is 0.333. The second kappa shape index (κ2) is 7.56. The minimum Gasteiger partial charge on any atom is -0.367 e. The molecule has 154 valence electrons. The second-order valence-corrected chi connectivity index (χ2v) is 9.01. The molecular weight excluding hydrogens is 400 g/mol. The van der Waals surface area contributed by atoms with E-state index in [1.165, 1.54) is 24.1 Å². The van der Waals surface area contributed by atoms with Crippen molar-refractivity contribution in [3.05, 3.63) is 40.5 Å². The molecule has 3 aromatic rings. The predicted molar refractivity (Wildman–Crippen MR) is 116 cm³/mol. The van der Waals surface area contributed by atoms with Crippen molar-refractivity contribution in [1.82, 2.24) is 25.2 Å². The van der Waals surface area contributed by atoms with Crippen molar-refractivity contribution in [3.8, 4) is 10.6 Å². The number of anilines is 1. The molecule has 9 heteroatoms. The van der Waals surface area contributed by atoms with Gasteiger partial charge in [-0.05, 0) is 38.0 Å². The summed E-state index contributed by atoms with van der Waals surface area (Å²) in [6.45, 7) is 2.07. The van der Waals surface area contributed by atoms with Crippen LogP contribution in [0.4, 0.5) is 10.6 Å². The number of thiophene rings is 1. The number of imide groups is 1. The lowest BCUT2D eigenvalue weighted by Gasteiger charge is -2.24. The zero-order chi connectivity index (χ0) is 20.7. The number of fused-ring (bicyclic) bond motifs is 1. The van der Waals surface area contributed by atoms with Crippen molar-refractivity contribution in [3.63, 3.8) is 0 Å². The van der Waals surface area contributed by atoms with Gasteiger partial charge in [0, 0.05) is 22.5 Å². The molecule has 3 amide bonds. The van der Waals surface area contributed by atoms with Crippen molar-refractivity contribution >= 4 is 40.8 Å². The molecule has 1 saturated carbocycles. The topological polar surface area (TPSA) is 100 Å². The van der Waals surface area contributed by atoms with E-state index in [1.807, 2.05) is 6.07 Å². The van der Waals surface area contributed by atoms with Crippen molar-refractivity contribution < 1.29 is 9.59 Å². The lowest BCUT2D eigenvalue weighted by molar-refractivity contribution is -0.115. The standard InChI is InChI=1S/C21H22N6O2S/c1-12-7-8-17(30-12)15-10-18(23-14-5-3-2-4-6-14)27-19(24-15)13(11-22-27)9-16-20(28)26-21(29)25-16/h7-11,14,23H,2-6H2,1H3,(H2,25,26,28,29)/b16-9-. The number of hydrogen-bond donors (Lipinski definition) is 3. The number of rotatable bonds is 4. The molecule has 1 aliphatic heterocycles. The van der Waals surface area contributed by atoms with Crippen LogP contribution in [0.15, 0.2) is 30.1 Å². The summed E-state index contributed by atoms with van der Waals surface area (Å²) >= 11 is 1.69. The van der Waals surface area contributed by atoms with Gasteiger partial charge in [-0.15, -0.1) is 11.3 Å². The number of aromatic nitrogens is 3. The average molecular weight is 423 g/mol. The van der Waals surface area contributed by atoms with E-state index in [1.54, 1.807) is 28.1 Å². The second-order valence-electron chi connectivity index (χ2n) is 7.72. The molecule has 2 aliphatic rings. The number of aryl methyl sites for hydroxylation is 1. The van der Waals surface area contributed by atoms with Crippen LogP contribution in [0.1, 0.15) is 42.5 Å². The highest BCUT2D eigenvalue weighted by atomic mass is 32.1. The first-order valence-corrected chi connectivity index (χ1v) is 10.9. The third-order valence-electron chi connectivity index (χ3n) is 5.47. The number of hydrogen-bond acceptors (Lipinski definition) is 6. The van der Waals surface area contributed by atoms with Gasteiger partial charge in [-0.2, -0.15) is 9.61 Å². The zero-order valence-corrected chi connectivity index (χ0v) is 17.4. The van der Waals surface area contributed by atoms with E-state index in [-0.39, 0.29) is 5.70 Å². The zero-order valence-electron chi connectivity index (χ0n) is 16.6. The van der Waals surface area contributed by atoms with Crippen LogP contribution >= 0.6 is 11.3 Å². The Hall–Kier alpha value is -3.20. The summed E-state index contributed by atoms with van der Waals surface area (Å²) in [6.07, 6.45) is 9.31. The number of nitrogens with zero attached hydrogens (tertiary/aromatic N) is 3. The largest absolute Gasteiger partial charge is 0.367 e. The Morgan fingerprint density at radius 2 is 2.03 bits per heavy atom. The van der Waals surface area contributed by atoms with Gasteiger partial charge in [0.15, 0.2) is 5.65 Å². The van der Waals surface area contributed by atoms with Gasteiger partial charge >= 0.3 is 6.03 Å². The molecule has 2 fully saturated rings. The molecule has 0 bridgehead atoms. The lowest BCUT2D eigenvalue weighted by atomic mass is 9.95. The maximum absolute atomic E-state index is 11.9. The number of carbonyl (C=O) groups is 2. The van der Waals surface area contributed by atoms with E-state index in [4.69, 9.17) is 4.98 Å². The molecule has 1 aliphatic carbocycles. The Bertz CT molecular complexity index is 1170. The molecule has 4 heterocycles. The molecule has 0 unspecified atom stereocenters. The molecule has 0 atom stereocenters. The SMILES string of the molecule is Cc1ccc(-c2cc(NC3CCCCC3)n3ncc(/C=C4\NC(=O)NC4=O)c3n2)s1. The molecule has 5 rings (SSSR count). The maximum Gasteiger partial charge on any atom is 0.326 e. The van der Waals surface area contributed by atoms with Gasteiger partial charge in [-0.25, -0.2) is 9.78 Å². The van der Waals surface area contributed by atoms with E-state index in [9.17, 15) is 9.59 Å². The Morgan fingerprint density at radius 3 is 2.73 bits per heavy atom. The van der Waals surface area contributed by atoms with Gasteiger partial charge in [0.05, 0.1) is 16.8 Å². The molecule has 30 heavy (non-hydrogen) atoms. The minimum absolute atomic E-state index is 0.191. The van der Waals surface area contributed by atoms with Crippen LogP contribution in [0.5, 0.6) is 0 Å². The van der Waals surface area contributed by atoms with Crippen molar-refractivity contribution in [2.45, 2.75) is 45.1 Å². The molecule has 1 saturated heterocycles. The Balaban J connectivity index is 1.61. The number of amides is 3. The van der Waals surface area contributed by atoms with Gasteiger partial charge in [-0.1, -0.05) is 19.3 Å².